The highest BCUT2D eigenvalue weighted by atomic mass is 32.2. The number of aromatic nitrogens is 2. The summed E-state index contributed by atoms with van der Waals surface area (Å²) in [6.07, 6.45) is 1.09. The molecule has 0 fully saturated rings. The number of carbonyl (C=O) groups excluding carboxylic acids is 1. The third kappa shape index (κ3) is 4.67. The molecule has 0 unspecified atom stereocenters. The highest BCUT2D eigenvalue weighted by molar-refractivity contribution is 7.99. The zero-order chi connectivity index (χ0) is 20.8. The van der Waals surface area contributed by atoms with Crippen molar-refractivity contribution in [3.8, 4) is 5.69 Å². The Labute approximate surface area is 173 Å². The molecular weight excluding hydrogens is 389 g/mol. The van der Waals surface area contributed by atoms with Crippen LogP contribution in [0, 0.1) is 5.82 Å². The molecule has 0 saturated heterocycles. The van der Waals surface area contributed by atoms with Crippen LogP contribution in [0.15, 0.2) is 58.5 Å². The van der Waals surface area contributed by atoms with Crippen LogP contribution in [0.4, 0.5) is 4.39 Å². The van der Waals surface area contributed by atoms with Gasteiger partial charge in [0.15, 0.2) is 5.16 Å². The van der Waals surface area contributed by atoms with Crippen LogP contribution in [0.25, 0.3) is 16.6 Å². The van der Waals surface area contributed by atoms with Crippen molar-refractivity contribution in [3.05, 3.63) is 64.7 Å². The van der Waals surface area contributed by atoms with Gasteiger partial charge in [0.2, 0.25) is 5.91 Å². The quantitative estimate of drug-likeness (QED) is 0.314. The Morgan fingerprint density at radius 3 is 2.52 bits per heavy atom. The second-order valence-corrected chi connectivity index (χ2v) is 7.58. The molecule has 1 heterocycles. The van der Waals surface area contributed by atoms with Gasteiger partial charge in [-0.3, -0.25) is 14.2 Å². The van der Waals surface area contributed by atoms with Crippen molar-refractivity contribution in [2.75, 3.05) is 18.8 Å². The third-order valence-corrected chi connectivity index (χ3v) is 5.75. The normalized spacial score (nSPS) is 11.0. The van der Waals surface area contributed by atoms with Crippen LogP contribution in [0.2, 0.25) is 0 Å². The topological polar surface area (TPSA) is 55.2 Å². The SMILES string of the molecule is CCN(CC)C(=O)CCCSc1nc2ccccc2c(=O)n1-c1ccccc1F. The van der Waals surface area contributed by atoms with Crippen molar-refractivity contribution < 1.29 is 9.18 Å². The lowest BCUT2D eigenvalue weighted by Crippen LogP contribution is -2.30. The van der Waals surface area contributed by atoms with Crippen LogP contribution in [-0.2, 0) is 4.79 Å². The van der Waals surface area contributed by atoms with Crippen LogP contribution in [0.3, 0.4) is 0 Å². The van der Waals surface area contributed by atoms with E-state index in [4.69, 9.17) is 0 Å². The maximum atomic E-state index is 14.4. The Bertz CT molecular complexity index is 1060. The molecule has 0 bridgehead atoms. The number of para-hydroxylation sites is 2. The Kier molecular flexibility index (Phi) is 7.04. The smallest absolute Gasteiger partial charge is 0.266 e. The maximum Gasteiger partial charge on any atom is 0.266 e. The number of amides is 1. The van der Waals surface area contributed by atoms with Gasteiger partial charge in [-0.2, -0.15) is 0 Å². The molecule has 0 N–H and O–H groups in total. The number of hydrogen-bond donors (Lipinski definition) is 0. The van der Waals surface area contributed by atoms with Crippen molar-refractivity contribution in [1.29, 1.82) is 0 Å². The molecule has 29 heavy (non-hydrogen) atoms. The third-order valence-electron chi connectivity index (χ3n) is 4.72. The number of nitrogens with zero attached hydrogens (tertiary/aromatic N) is 3. The Hall–Kier alpha value is -2.67. The second kappa shape index (κ2) is 9.69. The highest BCUT2D eigenvalue weighted by Gasteiger charge is 2.16. The summed E-state index contributed by atoms with van der Waals surface area (Å²) in [5.74, 6) is 0.241. The van der Waals surface area contributed by atoms with E-state index in [-0.39, 0.29) is 17.2 Å². The van der Waals surface area contributed by atoms with Gasteiger partial charge >= 0.3 is 0 Å². The molecule has 7 heteroatoms. The molecule has 152 valence electrons. The molecule has 0 saturated carbocycles. The number of rotatable bonds is 8. The van der Waals surface area contributed by atoms with Crippen LogP contribution < -0.4 is 5.56 Å². The molecule has 3 aromatic rings. The Morgan fingerprint density at radius 2 is 1.79 bits per heavy atom. The molecule has 0 spiro atoms. The molecule has 0 radical (unpaired) electrons. The molecule has 0 aliphatic rings. The first-order chi connectivity index (χ1) is 14.1. The average Bonchev–Trinajstić information content (AvgIpc) is 2.73. The average molecular weight is 414 g/mol. The molecule has 1 amide bonds. The fourth-order valence-corrected chi connectivity index (χ4v) is 4.12. The zero-order valence-corrected chi connectivity index (χ0v) is 17.4. The lowest BCUT2D eigenvalue weighted by atomic mass is 10.2. The van der Waals surface area contributed by atoms with E-state index < -0.39 is 5.82 Å². The van der Waals surface area contributed by atoms with Crippen LogP contribution in [0.1, 0.15) is 26.7 Å². The predicted molar refractivity (Wildman–Crippen MR) is 115 cm³/mol. The minimum Gasteiger partial charge on any atom is -0.343 e. The Morgan fingerprint density at radius 1 is 1.10 bits per heavy atom. The van der Waals surface area contributed by atoms with E-state index in [1.54, 1.807) is 41.3 Å². The van der Waals surface area contributed by atoms with E-state index in [0.29, 0.717) is 47.7 Å². The fraction of sp³-hybridized carbons (Fsp3) is 0.318. The van der Waals surface area contributed by atoms with Gasteiger partial charge in [0.05, 0.1) is 16.6 Å². The summed E-state index contributed by atoms with van der Waals surface area (Å²) in [6, 6.07) is 13.2. The number of hydrogen-bond acceptors (Lipinski definition) is 4. The first-order valence-corrected chi connectivity index (χ1v) is 10.7. The monoisotopic (exact) mass is 413 g/mol. The van der Waals surface area contributed by atoms with Gasteiger partial charge in [-0.05, 0) is 44.5 Å². The Balaban J connectivity index is 1.89. The number of fused-ring (bicyclic) bond motifs is 1. The van der Waals surface area contributed by atoms with Crippen molar-refractivity contribution in [2.24, 2.45) is 0 Å². The number of thioether (sulfide) groups is 1. The molecule has 3 rings (SSSR count). The molecule has 5 nitrogen and oxygen atoms in total. The molecule has 0 atom stereocenters. The van der Waals surface area contributed by atoms with E-state index in [2.05, 4.69) is 4.98 Å². The van der Waals surface area contributed by atoms with Gasteiger partial charge in [0, 0.05) is 25.3 Å². The van der Waals surface area contributed by atoms with Crippen molar-refractivity contribution in [2.45, 2.75) is 31.8 Å². The highest BCUT2D eigenvalue weighted by Crippen LogP contribution is 2.23. The summed E-state index contributed by atoms with van der Waals surface area (Å²) in [6.45, 7) is 5.31. The first kappa shape index (κ1) is 21.0. The van der Waals surface area contributed by atoms with E-state index in [9.17, 15) is 14.0 Å². The summed E-state index contributed by atoms with van der Waals surface area (Å²) in [5.41, 5.74) is 0.451. The number of benzene rings is 2. The summed E-state index contributed by atoms with van der Waals surface area (Å²) >= 11 is 1.36. The van der Waals surface area contributed by atoms with Crippen LogP contribution in [-0.4, -0.2) is 39.2 Å². The van der Waals surface area contributed by atoms with Gasteiger partial charge < -0.3 is 4.90 Å². The van der Waals surface area contributed by atoms with Crippen LogP contribution in [0.5, 0.6) is 0 Å². The molecule has 0 aliphatic heterocycles. The van der Waals surface area contributed by atoms with Crippen LogP contribution >= 0.6 is 11.8 Å². The standard InChI is InChI=1S/C22H24FN3O2S/c1-3-25(4-2)20(27)14-9-15-29-22-24-18-12-7-5-10-16(18)21(28)26(22)19-13-8-6-11-17(19)23/h5-8,10-13H,3-4,9,14-15H2,1-2H3. The summed E-state index contributed by atoms with van der Waals surface area (Å²) in [4.78, 5) is 31.7. The molecular formula is C22H24FN3O2S. The summed E-state index contributed by atoms with van der Waals surface area (Å²) in [5, 5.41) is 0.867. The number of halogens is 1. The second-order valence-electron chi connectivity index (χ2n) is 6.52. The summed E-state index contributed by atoms with van der Waals surface area (Å²) in [7, 11) is 0. The van der Waals surface area contributed by atoms with Crippen molar-refractivity contribution >= 4 is 28.6 Å². The fourth-order valence-electron chi connectivity index (χ4n) is 3.18. The maximum absolute atomic E-state index is 14.4. The van der Waals surface area contributed by atoms with Gasteiger partial charge in [0.25, 0.3) is 5.56 Å². The van der Waals surface area contributed by atoms with Gasteiger partial charge in [-0.25, -0.2) is 9.37 Å². The zero-order valence-electron chi connectivity index (χ0n) is 16.6. The van der Waals surface area contributed by atoms with E-state index >= 15 is 0 Å². The number of carbonyl (C=O) groups is 1. The minimum absolute atomic E-state index is 0.119. The van der Waals surface area contributed by atoms with Gasteiger partial charge in [-0.1, -0.05) is 36.0 Å². The van der Waals surface area contributed by atoms with Gasteiger partial charge in [-0.15, -0.1) is 0 Å². The molecule has 2 aromatic carbocycles. The molecule has 0 aliphatic carbocycles. The minimum atomic E-state index is -0.481. The summed E-state index contributed by atoms with van der Waals surface area (Å²) < 4.78 is 15.8. The van der Waals surface area contributed by atoms with E-state index in [1.165, 1.54) is 22.4 Å². The van der Waals surface area contributed by atoms with E-state index in [0.717, 1.165) is 0 Å². The van der Waals surface area contributed by atoms with Crippen molar-refractivity contribution in [1.82, 2.24) is 14.5 Å². The predicted octanol–water partition coefficient (Wildman–Crippen LogP) is 4.27. The lowest BCUT2D eigenvalue weighted by molar-refractivity contribution is -0.130. The van der Waals surface area contributed by atoms with Gasteiger partial charge in [0.1, 0.15) is 5.82 Å². The largest absolute Gasteiger partial charge is 0.343 e. The molecule has 1 aromatic heterocycles. The van der Waals surface area contributed by atoms with E-state index in [1.807, 2.05) is 19.9 Å². The van der Waals surface area contributed by atoms with Crippen molar-refractivity contribution in [3.63, 3.8) is 0 Å². The first-order valence-electron chi connectivity index (χ1n) is 9.74. The lowest BCUT2D eigenvalue weighted by Gasteiger charge is -2.18.